The lowest BCUT2D eigenvalue weighted by atomic mass is 9.84. The Morgan fingerprint density at radius 2 is 1.82 bits per heavy atom. The van der Waals surface area contributed by atoms with Crippen molar-refractivity contribution in [3.05, 3.63) is 0 Å². The molecule has 2 N–H and O–H groups in total. The van der Waals surface area contributed by atoms with Crippen molar-refractivity contribution in [1.29, 1.82) is 0 Å². The Morgan fingerprint density at radius 3 is 2.50 bits per heavy atom. The van der Waals surface area contributed by atoms with Gasteiger partial charge in [-0.05, 0) is 45.4 Å². The largest absolute Gasteiger partial charge is 0.381 e. The number of hydrogen-bond acceptors (Lipinski definition) is 5. The predicted molar refractivity (Wildman–Crippen MR) is 105 cm³/mol. The van der Waals surface area contributed by atoms with Crippen LogP contribution in [0.1, 0.15) is 52.4 Å². The van der Waals surface area contributed by atoms with Crippen molar-refractivity contribution in [2.45, 2.75) is 82.6 Å². The second-order valence-electron chi connectivity index (χ2n) is 9.29. The molecule has 3 heterocycles. The molecule has 1 aliphatic carbocycles. The van der Waals surface area contributed by atoms with Crippen LogP contribution in [0.2, 0.25) is 0 Å². The summed E-state index contributed by atoms with van der Waals surface area (Å²) >= 11 is 0. The zero-order chi connectivity index (χ0) is 19.7. The summed E-state index contributed by atoms with van der Waals surface area (Å²) in [5.41, 5.74) is 0. The molecular formula is C21H35N3O4. The maximum atomic E-state index is 12.5. The average molecular weight is 394 g/mol. The van der Waals surface area contributed by atoms with Gasteiger partial charge in [0.05, 0.1) is 19.1 Å². The van der Waals surface area contributed by atoms with E-state index in [4.69, 9.17) is 9.47 Å². The molecule has 0 spiro atoms. The zero-order valence-electron chi connectivity index (χ0n) is 17.2. The number of fused-ring (bicyclic) bond motifs is 1. The summed E-state index contributed by atoms with van der Waals surface area (Å²) in [6.45, 7) is 7.18. The maximum Gasteiger partial charge on any atom is 0.222 e. The van der Waals surface area contributed by atoms with Crippen molar-refractivity contribution in [3.8, 4) is 0 Å². The minimum Gasteiger partial charge on any atom is -0.381 e. The second-order valence-corrected chi connectivity index (χ2v) is 9.29. The summed E-state index contributed by atoms with van der Waals surface area (Å²) in [5.74, 6) is 0.723. The summed E-state index contributed by atoms with van der Waals surface area (Å²) in [7, 11) is 0. The first-order valence-corrected chi connectivity index (χ1v) is 11.0. The molecule has 4 rings (SSSR count). The van der Waals surface area contributed by atoms with E-state index in [-0.39, 0.29) is 35.8 Å². The highest BCUT2D eigenvalue weighted by atomic mass is 16.5. The van der Waals surface area contributed by atoms with E-state index in [2.05, 4.69) is 15.5 Å². The van der Waals surface area contributed by atoms with E-state index in [1.54, 1.807) is 0 Å². The molecule has 0 aromatic heterocycles. The van der Waals surface area contributed by atoms with Crippen molar-refractivity contribution in [2.24, 2.45) is 11.8 Å². The number of carbonyl (C=O) groups is 2. The highest BCUT2D eigenvalue weighted by Crippen LogP contribution is 2.43. The summed E-state index contributed by atoms with van der Waals surface area (Å²) in [4.78, 5) is 27.5. The van der Waals surface area contributed by atoms with Crippen LogP contribution in [0, 0.1) is 11.8 Å². The first-order chi connectivity index (χ1) is 13.5. The highest BCUT2D eigenvalue weighted by Gasteiger charge is 2.52. The Bertz CT molecular complexity index is 574. The fourth-order valence-corrected chi connectivity index (χ4v) is 5.30. The number of nitrogens with one attached hydrogen (secondary N) is 2. The fraction of sp³-hybridized carbons (Fsp3) is 0.905. The molecule has 0 aromatic carbocycles. The third-order valence-electron chi connectivity index (χ3n) is 6.66. The van der Waals surface area contributed by atoms with Gasteiger partial charge in [0.25, 0.3) is 0 Å². The molecule has 0 radical (unpaired) electrons. The van der Waals surface area contributed by atoms with Crippen molar-refractivity contribution in [1.82, 2.24) is 15.5 Å². The van der Waals surface area contributed by atoms with E-state index in [9.17, 15) is 9.59 Å². The Balaban J connectivity index is 1.44. The van der Waals surface area contributed by atoms with Crippen LogP contribution in [-0.2, 0) is 19.1 Å². The van der Waals surface area contributed by atoms with Crippen LogP contribution in [-0.4, -0.2) is 73.4 Å². The van der Waals surface area contributed by atoms with Crippen LogP contribution in [0.3, 0.4) is 0 Å². The van der Waals surface area contributed by atoms with Crippen LogP contribution in [0.25, 0.3) is 0 Å². The van der Waals surface area contributed by atoms with Crippen LogP contribution < -0.4 is 10.6 Å². The normalized spacial score (nSPS) is 33.8. The number of rotatable bonds is 7. The van der Waals surface area contributed by atoms with Crippen LogP contribution in [0.4, 0.5) is 0 Å². The van der Waals surface area contributed by atoms with Crippen molar-refractivity contribution in [3.63, 3.8) is 0 Å². The number of carbonyl (C=O) groups excluding carboxylic acids is 2. The lowest BCUT2D eigenvalue weighted by Crippen LogP contribution is -2.44. The van der Waals surface area contributed by atoms with E-state index in [0.717, 1.165) is 45.4 Å². The summed E-state index contributed by atoms with van der Waals surface area (Å²) < 4.78 is 11.7. The van der Waals surface area contributed by atoms with Crippen molar-refractivity contribution < 1.29 is 19.1 Å². The monoisotopic (exact) mass is 393 g/mol. The van der Waals surface area contributed by atoms with Gasteiger partial charge in [-0.2, -0.15) is 0 Å². The Kier molecular flexibility index (Phi) is 6.23. The molecule has 3 aliphatic heterocycles. The summed E-state index contributed by atoms with van der Waals surface area (Å²) in [5, 5.41) is 6.12. The second kappa shape index (κ2) is 8.67. The van der Waals surface area contributed by atoms with Gasteiger partial charge >= 0.3 is 0 Å². The average Bonchev–Trinajstić information content (AvgIpc) is 3.25. The highest BCUT2D eigenvalue weighted by molar-refractivity contribution is 5.77. The molecule has 158 valence electrons. The lowest BCUT2D eigenvalue weighted by Gasteiger charge is -2.34. The van der Waals surface area contributed by atoms with Gasteiger partial charge in [-0.15, -0.1) is 0 Å². The third-order valence-corrected chi connectivity index (χ3v) is 6.66. The van der Waals surface area contributed by atoms with Gasteiger partial charge in [-0.25, -0.2) is 0 Å². The molecule has 28 heavy (non-hydrogen) atoms. The molecule has 7 heteroatoms. The third kappa shape index (κ3) is 4.69. The minimum absolute atomic E-state index is 0.0475. The molecule has 7 nitrogen and oxygen atoms in total. The molecular weight excluding hydrogens is 358 g/mol. The molecule has 4 atom stereocenters. The Morgan fingerprint density at radius 1 is 1.07 bits per heavy atom. The Hall–Kier alpha value is -1.18. The molecule has 0 bridgehead atoms. The molecule has 0 aromatic rings. The van der Waals surface area contributed by atoms with E-state index < -0.39 is 0 Å². The Labute approximate surface area is 167 Å². The smallest absolute Gasteiger partial charge is 0.222 e. The number of amides is 2. The molecule has 1 saturated carbocycles. The standard InChI is InChI=1S/C21H35N3O4/c1-13(2)22-20(26)10-18-21-14(9-19(25)23-15-3-4-15)11-24(17(21)12-28-18)16-5-7-27-8-6-16/h13-18,21H,3-12H2,1-2H3,(H,22,26)(H,23,25)/t14-,17-,18+,21-/m1/s1. The van der Waals surface area contributed by atoms with E-state index >= 15 is 0 Å². The van der Waals surface area contributed by atoms with E-state index in [1.807, 2.05) is 13.8 Å². The van der Waals surface area contributed by atoms with Crippen molar-refractivity contribution >= 4 is 11.8 Å². The minimum atomic E-state index is -0.0904. The van der Waals surface area contributed by atoms with Crippen LogP contribution in [0.5, 0.6) is 0 Å². The van der Waals surface area contributed by atoms with Gasteiger partial charge in [-0.3, -0.25) is 14.5 Å². The quantitative estimate of drug-likeness (QED) is 0.676. The number of hydrogen-bond donors (Lipinski definition) is 2. The first-order valence-electron chi connectivity index (χ1n) is 11.0. The molecule has 3 saturated heterocycles. The summed E-state index contributed by atoms with van der Waals surface area (Å²) in [6.07, 6.45) is 5.15. The number of ether oxygens (including phenoxy) is 2. The molecule has 4 aliphatic rings. The summed E-state index contributed by atoms with van der Waals surface area (Å²) in [6, 6.07) is 1.35. The van der Waals surface area contributed by atoms with Gasteiger partial charge in [0.15, 0.2) is 0 Å². The zero-order valence-corrected chi connectivity index (χ0v) is 17.2. The van der Waals surface area contributed by atoms with E-state index in [0.29, 0.717) is 37.6 Å². The van der Waals surface area contributed by atoms with Crippen LogP contribution in [0.15, 0.2) is 0 Å². The SMILES string of the molecule is CC(C)NC(=O)C[C@@H]1OC[C@@H]2[C@H]1[C@H](CC(=O)NC1CC1)CN2C1CCOCC1. The van der Waals surface area contributed by atoms with Gasteiger partial charge in [0, 0.05) is 56.3 Å². The van der Waals surface area contributed by atoms with Gasteiger partial charge in [0.1, 0.15) is 0 Å². The predicted octanol–water partition coefficient (Wildman–Crippen LogP) is 1.06. The molecule has 4 fully saturated rings. The van der Waals surface area contributed by atoms with Crippen LogP contribution >= 0.6 is 0 Å². The van der Waals surface area contributed by atoms with E-state index in [1.165, 1.54) is 0 Å². The first kappa shape index (κ1) is 20.1. The molecule has 2 amide bonds. The van der Waals surface area contributed by atoms with Gasteiger partial charge in [0.2, 0.25) is 11.8 Å². The maximum absolute atomic E-state index is 12.5. The number of likely N-dealkylation sites (tertiary alicyclic amines) is 1. The lowest BCUT2D eigenvalue weighted by molar-refractivity contribution is -0.124. The fourth-order valence-electron chi connectivity index (χ4n) is 5.30. The van der Waals surface area contributed by atoms with Crippen molar-refractivity contribution in [2.75, 3.05) is 26.4 Å². The molecule has 0 unspecified atom stereocenters. The van der Waals surface area contributed by atoms with Gasteiger partial charge < -0.3 is 20.1 Å². The number of nitrogens with zero attached hydrogens (tertiary/aromatic N) is 1. The van der Waals surface area contributed by atoms with Gasteiger partial charge in [-0.1, -0.05) is 0 Å². The topological polar surface area (TPSA) is 79.9 Å².